The maximum atomic E-state index is 12.9. The van der Waals surface area contributed by atoms with Crippen LogP contribution in [-0.2, 0) is 14.4 Å². The predicted octanol–water partition coefficient (Wildman–Crippen LogP) is 4.35. The summed E-state index contributed by atoms with van der Waals surface area (Å²) in [7, 11) is 0. The van der Waals surface area contributed by atoms with Crippen molar-refractivity contribution >= 4 is 52.2 Å². The molecular formula is C24H32N2O6S2. The highest BCUT2D eigenvalue weighted by Gasteiger charge is 2.41. The minimum atomic E-state index is -1.44. The Bertz CT molecular complexity index is 934. The van der Waals surface area contributed by atoms with E-state index in [1.165, 1.54) is 25.7 Å². The average Bonchev–Trinajstić information content (AvgIpc) is 3.05. The van der Waals surface area contributed by atoms with Crippen LogP contribution in [0.2, 0.25) is 0 Å². The number of rotatable bonds is 15. The van der Waals surface area contributed by atoms with E-state index < -0.39 is 30.2 Å². The van der Waals surface area contributed by atoms with Gasteiger partial charge in [-0.3, -0.25) is 14.5 Å². The molecule has 2 amide bonds. The fraction of sp³-hybridized carbons (Fsp3) is 0.500. The summed E-state index contributed by atoms with van der Waals surface area (Å²) in [6.45, 7) is 5.12. The number of aliphatic carboxylic acids is 1. The van der Waals surface area contributed by atoms with Crippen LogP contribution in [0.3, 0.4) is 0 Å². The largest absolute Gasteiger partial charge is 0.490 e. The Morgan fingerprint density at radius 1 is 1.15 bits per heavy atom. The Morgan fingerprint density at radius 3 is 2.50 bits per heavy atom. The molecule has 8 nitrogen and oxygen atoms in total. The number of thiocarbonyl (C=S) groups is 1. The van der Waals surface area contributed by atoms with Crippen LogP contribution in [0.25, 0.3) is 6.08 Å². The van der Waals surface area contributed by atoms with Gasteiger partial charge in [-0.05, 0) is 37.1 Å². The number of thioether (sulfide) groups is 1. The molecule has 10 heteroatoms. The van der Waals surface area contributed by atoms with Crippen LogP contribution in [0.4, 0.5) is 0 Å². The lowest BCUT2D eigenvalue weighted by Crippen LogP contribution is -2.46. The normalized spacial score (nSPS) is 15.6. The summed E-state index contributed by atoms with van der Waals surface area (Å²) < 4.78 is 11.7. The van der Waals surface area contributed by atoms with Crippen LogP contribution < -0.4 is 15.2 Å². The van der Waals surface area contributed by atoms with Gasteiger partial charge in [-0.15, -0.1) is 0 Å². The van der Waals surface area contributed by atoms with Gasteiger partial charge in [0, 0.05) is 0 Å². The number of ether oxygens (including phenoxy) is 2. The Balaban J connectivity index is 2.11. The van der Waals surface area contributed by atoms with Gasteiger partial charge >= 0.3 is 5.97 Å². The van der Waals surface area contributed by atoms with Crippen molar-refractivity contribution in [1.82, 2.24) is 4.90 Å². The van der Waals surface area contributed by atoms with Crippen molar-refractivity contribution in [3.05, 3.63) is 28.7 Å². The number of primary amides is 1. The molecule has 1 saturated heterocycles. The first kappa shape index (κ1) is 27.7. The lowest BCUT2D eigenvalue weighted by Gasteiger charge is -2.21. The molecule has 1 aliphatic heterocycles. The molecule has 1 unspecified atom stereocenters. The van der Waals surface area contributed by atoms with E-state index in [-0.39, 0.29) is 9.23 Å². The summed E-state index contributed by atoms with van der Waals surface area (Å²) in [5.41, 5.74) is 5.83. The van der Waals surface area contributed by atoms with Gasteiger partial charge in [-0.2, -0.15) is 0 Å². The van der Waals surface area contributed by atoms with Gasteiger partial charge in [0.1, 0.15) is 10.4 Å². The molecule has 2 rings (SSSR count). The highest BCUT2D eigenvalue weighted by atomic mass is 32.2. The van der Waals surface area contributed by atoms with Crippen LogP contribution in [0, 0.1) is 0 Å². The van der Waals surface area contributed by atoms with Crippen molar-refractivity contribution in [3.63, 3.8) is 0 Å². The molecule has 1 fully saturated rings. The first-order valence-corrected chi connectivity index (χ1v) is 12.7. The molecule has 34 heavy (non-hydrogen) atoms. The van der Waals surface area contributed by atoms with Crippen molar-refractivity contribution < 1.29 is 29.0 Å². The van der Waals surface area contributed by atoms with Crippen molar-refractivity contribution in [1.29, 1.82) is 0 Å². The number of nitrogens with zero attached hydrogens (tertiary/aromatic N) is 1. The number of carbonyl (C=O) groups is 3. The molecule has 0 aliphatic carbocycles. The molecule has 186 valence electrons. The third-order valence-electron chi connectivity index (χ3n) is 5.14. The molecule has 0 radical (unpaired) electrons. The number of carboxylic acids is 1. The number of carbonyl (C=O) groups excluding carboxylic acids is 2. The van der Waals surface area contributed by atoms with E-state index in [0.717, 1.165) is 29.5 Å². The number of hydrogen-bond acceptors (Lipinski definition) is 7. The molecule has 0 bridgehead atoms. The van der Waals surface area contributed by atoms with Gasteiger partial charge in [0.05, 0.1) is 24.5 Å². The molecular weight excluding hydrogens is 476 g/mol. The van der Waals surface area contributed by atoms with Gasteiger partial charge in [-0.1, -0.05) is 69.1 Å². The zero-order chi connectivity index (χ0) is 25.1. The molecule has 0 aromatic heterocycles. The fourth-order valence-electron chi connectivity index (χ4n) is 3.45. The van der Waals surface area contributed by atoms with Crippen molar-refractivity contribution in [2.24, 2.45) is 5.73 Å². The smallest absolute Gasteiger partial charge is 0.327 e. The standard InChI is InChI=1S/C24H32N2O6S2/c1-3-5-6-7-8-9-12-32-18-11-10-16(13-19(18)31-4-2)14-20-22(28)26(24(33)34-20)17(23(29)30)15-21(25)27/h10-11,13-14,17H,3-9,12,15H2,1-2H3,(H2,25,27)(H,29,30)/b20-14+. The molecule has 1 aromatic carbocycles. The minimum absolute atomic E-state index is 0.0637. The molecule has 3 N–H and O–H groups in total. The van der Waals surface area contributed by atoms with Crippen LogP contribution >= 0.6 is 24.0 Å². The first-order valence-electron chi connectivity index (χ1n) is 11.5. The number of carboxylic acid groups (broad SMARTS) is 1. The van der Waals surface area contributed by atoms with Gasteiger partial charge in [0.2, 0.25) is 5.91 Å². The minimum Gasteiger partial charge on any atom is -0.490 e. The molecule has 1 aromatic rings. The number of benzene rings is 1. The number of unbranched alkanes of at least 4 members (excludes halogenated alkanes) is 5. The van der Waals surface area contributed by atoms with E-state index in [2.05, 4.69) is 6.92 Å². The zero-order valence-corrected chi connectivity index (χ0v) is 21.2. The van der Waals surface area contributed by atoms with Gasteiger partial charge in [-0.25, -0.2) is 4.79 Å². The third-order valence-corrected chi connectivity index (χ3v) is 6.47. The fourth-order valence-corrected chi connectivity index (χ4v) is 4.80. The number of amides is 2. The van der Waals surface area contributed by atoms with Crippen LogP contribution in [0.1, 0.15) is 64.4 Å². The Kier molecular flexibility index (Phi) is 11.4. The van der Waals surface area contributed by atoms with Crippen LogP contribution in [-0.4, -0.2) is 51.4 Å². The van der Waals surface area contributed by atoms with Crippen molar-refractivity contribution in [3.8, 4) is 11.5 Å². The maximum Gasteiger partial charge on any atom is 0.327 e. The van der Waals surface area contributed by atoms with E-state index in [0.29, 0.717) is 30.3 Å². The summed E-state index contributed by atoms with van der Waals surface area (Å²) in [6, 6.07) is 3.92. The molecule has 0 spiro atoms. The van der Waals surface area contributed by atoms with E-state index in [1.54, 1.807) is 24.3 Å². The monoisotopic (exact) mass is 508 g/mol. The third kappa shape index (κ3) is 8.02. The Morgan fingerprint density at radius 2 is 1.85 bits per heavy atom. The molecule has 0 saturated carbocycles. The van der Waals surface area contributed by atoms with E-state index in [9.17, 15) is 19.5 Å². The Labute approximate surface area is 209 Å². The van der Waals surface area contributed by atoms with Crippen LogP contribution in [0.5, 0.6) is 11.5 Å². The van der Waals surface area contributed by atoms with Gasteiger partial charge in [0.15, 0.2) is 11.5 Å². The highest BCUT2D eigenvalue weighted by molar-refractivity contribution is 8.26. The lowest BCUT2D eigenvalue weighted by atomic mass is 10.1. The summed E-state index contributed by atoms with van der Waals surface area (Å²) in [5, 5.41) is 9.44. The SMILES string of the molecule is CCCCCCCCOc1ccc(/C=C2/SC(=S)N(C(CC(N)=O)C(=O)O)C2=O)cc1OCC. The molecule has 1 heterocycles. The second-order valence-corrected chi connectivity index (χ2v) is 9.51. The topological polar surface area (TPSA) is 119 Å². The first-order chi connectivity index (χ1) is 16.3. The van der Waals surface area contributed by atoms with Crippen LogP contribution in [0.15, 0.2) is 23.1 Å². The quantitative estimate of drug-likeness (QED) is 0.204. The van der Waals surface area contributed by atoms with E-state index in [4.69, 9.17) is 27.4 Å². The van der Waals surface area contributed by atoms with E-state index >= 15 is 0 Å². The van der Waals surface area contributed by atoms with Gasteiger partial charge in [0.25, 0.3) is 5.91 Å². The lowest BCUT2D eigenvalue weighted by molar-refractivity contribution is -0.146. The number of hydrogen-bond donors (Lipinski definition) is 2. The van der Waals surface area contributed by atoms with Crippen molar-refractivity contribution in [2.45, 2.75) is 64.8 Å². The van der Waals surface area contributed by atoms with E-state index in [1.807, 2.05) is 6.92 Å². The molecule has 1 aliphatic rings. The predicted molar refractivity (Wildman–Crippen MR) is 137 cm³/mol. The second kappa shape index (κ2) is 14.0. The van der Waals surface area contributed by atoms with Crippen molar-refractivity contribution in [2.75, 3.05) is 13.2 Å². The Hall–Kier alpha value is -2.59. The summed E-state index contributed by atoms with van der Waals surface area (Å²) >= 11 is 6.19. The second-order valence-electron chi connectivity index (χ2n) is 7.83. The van der Waals surface area contributed by atoms with Gasteiger partial charge < -0.3 is 20.3 Å². The highest BCUT2D eigenvalue weighted by Crippen LogP contribution is 2.36. The zero-order valence-electron chi connectivity index (χ0n) is 19.6. The average molecular weight is 509 g/mol. The maximum absolute atomic E-state index is 12.9. The summed E-state index contributed by atoms with van der Waals surface area (Å²) in [5.74, 6) is -1.56. The molecule has 1 atom stereocenters. The summed E-state index contributed by atoms with van der Waals surface area (Å²) in [6.07, 6.45) is 8.12. The summed E-state index contributed by atoms with van der Waals surface area (Å²) in [4.78, 5) is 36.9. The number of nitrogens with two attached hydrogens (primary N) is 1.